The number of nitrogens with one attached hydrogen (secondary N) is 1. The van der Waals surface area contributed by atoms with Crippen molar-refractivity contribution in [3.8, 4) is 22.6 Å². The van der Waals surface area contributed by atoms with E-state index in [9.17, 15) is 14.7 Å². The molecule has 0 aliphatic carbocycles. The fraction of sp³-hybridized carbons (Fsp3) is 0.333. The number of hydrogen-bond acceptors (Lipinski definition) is 6. The summed E-state index contributed by atoms with van der Waals surface area (Å²) in [5, 5.41) is 11.9. The average molecular weight is 568 g/mol. The first-order chi connectivity index (χ1) is 20.4. The fourth-order valence-corrected chi connectivity index (χ4v) is 6.82. The Morgan fingerprint density at radius 3 is 2.74 bits per heavy atom. The Morgan fingerprint density at radius 1 is 1.12 bits per heavy atom. The van der Waals surface area contributed by atoms with Gasteiger partial charge < -0.3 is 34.1 Å². The van der Waals surface area contributed by atoms with Crippen molar-refractivity contribution in [2.75, 3.05) is 20.4 Å². The molecule has 9 nitrogen and oxygen atoms in total. The van der Waals surface area contributed by atoms with Crippen LogP contribution in [0.1, 0.15) is 36.2 Å². The van der Waals surface area contributed by atoms with Gasteiger partial charge in [0.15, 0.2) is 11.5 Å². The molecule has 1 aromatic heterocycles. The first-order valence-electron chi connectivity index (χ1n) is 14.4. The lowest BCUT2D eigenvalue weighted by Gasteiger charge is -2.48. The number of benzene rings is 3. The van der Waals surface area contributed by atoms with E-state index in [1.54, 1.807) is 14.0 Å². The Balaban J connectivity index is 1.22. The number of fused-ring (bicyclic) bond motifs is 6. The number of aliphatic hydroxyl groups excluding tert-OH is 1. The zero-order chi connectivity index (χ0) is 29.0. The summed E-state index contributed by atoms with van der Waals surface area (Å²) in [6.07, 6.45) is -0.255. The van der Waals surface area contributed by atoms with Crippen molar-refractivity contribution in [3.05, 3.63) is 83.6 Å². The second-order valence-corrected chi connectivity index (χ2v) is 11.3. The molecule has 0 unspecified atom stereocenters. The van der Waals surface area contributed by atoms with Crippen LogP contribution in [0.4, 0.5) is 4.79 Å². The number of aliphatic hydroxyl groups is 1. The number of ether oxygens (including phenoxy) is 3. The van der Waals surface area contributed by atoms with E-state index in [1.165, 1.54) is 10.5 Å². The molecular weight excluding hydrogens is 534 g/mol. The number of piperidine rings is 1. The molecule has 4 atom stereocenters. The largest absolute Gasteiger partial charge is 0.454 e. The SMILES string of the molecule is C[C@H](O)[C@@H]1C(=O)N2CCc3c([nH]c4c(-c5ccc6c(c5)OCO6)cccc34)[C@@H]2C[C@@H]1N(C)C(=O)OCc1ccccc1. The summed E-state index contributed by atoms with van der Waals surface area (Å²) in [6, 6.07) is 20.9. The number of hydrogen-bond donors (Lipinski definition) is 2. The van der Waals surface area contributed by atoms with Crippen LogP contribution in [0.3, 0.4) is 0 Å². The predicted molar refractivity (Wildman–Crippen MR) is 156 cm³/mol. The number of aromatic nitrogens is 1. The van der Waals surface area contributed by atoms with E-state index in [0.717, 1.165) is 44.8 Å². The average Bonchev–Trinajstić information content (AvgIpc) is 3.64. The van der Waals surface area contributed by atoms with Gasteiger partial charge in [0.05, 0.1) is 29.6 Å². The van der Waals surface area contributed by atoms with Gasteiger partial charge in [0.1, 0.15) is 6.61 Å². The summed E-state index contributed by atoms with van der Waals surface area (Å²) in [6.45, 7) is 2.52. The third-order valence-corrected chi connectivity index (χ3v) is 8.93. The minimum atomic E-state index is -0.922. The summed E-state index contributed by atoms with van der Waals surface area (Å²) in [4.78, 5) is 34.1. The molecule has 3 aliphatic rings. The highest BCUT2D eigenvalue weighted by molar-refractivity contribution is 5.98. The minimum absolute atomic E-state index is 0.133. The zero-order valence-corrected chi connectivity index (χ0v) is 23.6. The first-order valence-corrected chi connectivity index (χ1v) is 14.4. The van der Waals surface area contributed by atoms with Crippen LogP contribution in [0.25, 0.3) is 22.0 Å². The number of nitrogens with zero attached hydrogens (tertiary/aromatic N) is 2. The molecule has 0 radical (unpaired) electrons. The van der Waals surface area contributed by atoms with Crippen LogP contribution < -0.4 is 9.47 Å². The van der Waals surface area contributed by atoms with Gasteiger partial charge in [-0.1, -0.05) is 54.6 Å². The van der Waals surface area contributed by atoms with Crippen LogP contribution in [-0.4, -0.2) is 64.4 Å². The monoisotopic (exact) mass is 567 g/mol. The molecule has 4 aromatic rings. The molecule has 2 amide bonds. The van der Waals surface area contributed by atoms with Gasteiger partial charge in [0, 0.05) is 30.2 Å². The molecule has 1 saturated heterocycles. The van der Waals surface area contributed by atoms with E-state index in [4.69, 9.17) is 14.2 Å². The highest BCUT2D eigenvalue weighted by Gasteiger charge is 2.49. The van der Waals surface area contributed by atoms with Gasteiger partial charge in [0.2, 0.25) is 12.7 Å². The standard InChI is InChI=1S/C33H33N3O6/c1-19(37)29-25(35(2)33(39)40-17-20-7-4-3-5-8-20)16-26-31-24(13-14-36(26)32(29)38)23-10-6-9-22(30(23)34-31)21-11-12-27-28(15-21)42-18-41-27/h3-12,15,19,25-26,29,34,37H,13-14,16-18H2,1-2H3/t19-,25-,26-,29-/m0/s1. The van der Waals surface area contributed by atoms with Gasteiger partial charge in [-0.25, -0.2) is 4.79 Å². The summed E-state index contributed by atoms with van der Waals surface area (Å²) in [5.41, 5.74) is 6.09. The molecule has 42 heavy (non-hydrogen) atoms. The summed E-state index contributed by atoms with van der Waals surface area (Å²) in [7, 11) is 1.66. The Morgan fingerprint density at radius 2 is 1.93 bits per heavy atom. The molecule has 3 aromatic carbocycles. The Bertz CT molecular complexity index is 1670. The molecule has 0 bridgehead atoms. The van der Waals surface area contributed by atoms with Gasteiger partial charge >= 0.3 is 6.09 Å². The van der Waals surface area contributed by atoms with E-state index >= 15 is 0 Å². The molecule has 0 spiro atoms. The highest BCUT2D eigenvalue weighted by atomic mass is 16.7. The van der Waals surface area contributed by atoms with Gasteiger partial charge in [-0.15, -0.1) is 0 Å². The molecule has 4 heterocycles. The van der Waals surface area contributed by atoms with E-state index < -0.39 is 24.2 Å². The number of amides is 2. The number of H-pyrrole nitrogens is 1. The van der Waals surface area contributed by atoms with Crippen molar-refractivity contribution in [1.29, 1.82) is 0 Å². The molecule has 9 heteroatoms. The normalized spacial score (nSPS) is 21.5. The smallest absolute Gasteiger partial charge is 0.410 e. The van der Waals surface area contributed by atoms with Gasteiger partial charge in [0.25, 0.3) is 0 Å². The van der Waals surface area contributed by atoms with E-state index in [0.29, 0.717) is 19.4 Å². The number of rotatable bonds is 5. The van der Waals surface area contributed by atoms with Crippen molar-refractivity contribution >= 4 is 22.9 Å². The van der Waals surface area contributed by atoms with Crippen LogP contribution in [0.5, 0.6) is 11.5 Å². The highest BCUT2D eigenvalue weighted by Crippen LogP contribution is 2.45. The van der Waals surface area contributed by atoms with Crippen molar-refractivity contribution in [2.24, 2.45) is 5.92 Å². The Labute approximate surface area is 243 Å². The van der Waals surface area contributed by atoms with Crippen LogP contribution >= 0.6 is 0 Å². The van der Waals surface area contributed by atoms with Crippen molar-refractivity contribution < 1.29 is 28.9 Å². The molecular formula is C33H33N3O6. The number of carbonyl (C=O) groups excluding carboxylic acids is 2. The first kappa shape index (κ1) is 26.4. The third kappa shape index (κ3) is 4.36. The Hall–Kier alpha value is -4.50. The zero-order valence-electron chi connectivity index (χ0n) is 23.6. The van der Waals surface area contributed by atoms with Crippen molar-refractivity contribution in [2.45, 2.75) is 44.6 Å². The molecule has 2 N–H and O–H groups in total. The lowest BCUT2D eigenvalue weighted by molar-refractivity contribution is -0.152. The minimum Gasteiger partial charge on any atom is -0.454 e. The van der Waals surface area contributed by atoms with Crippen LogP contribution in [0, 0.1) is 5.92 Å². The van der Waals surface area contributed by atoms with E-state index in [-0.39, 0.29) is 25.3 Å². The van der Waals surface area contributed by atoms with Crippen LogP contribution in [0.2, 0.25) is 0 Å². The molecule has 216 valence electrons. The number of aromatic amines is 1. The van der Waals surface area contributed by atoms with Crippen LogP contribution in [0.15, 0.2) is 66.7 Å². The summed E-state index contributed by atoms with van der Waals surface area (Å²) >= 11 is 0. The fourth-order valence-electron chi connectivity index (χ4n) is 6.82. The van der Waals surface area contributed by atoms with Crippen molar-refractivity contribution in [1.82, 2.24) is 14.8 Å². The van der Waals surface area contributed by atoms with E-state index in [1.807, 2.05) is 53.4 Å². The second kappa shape index (κ2) is 10.4. The molecule has 1 fully saturated rings. The number of para-hydroxylation sites is 1. The topological polar surface area (TPSA) is 104 Å². The van der Waals surface area contributed by atoms with Gasteiger partial charge in [-0.05, 0) is 48.6 Å². The lowest BCUT2D eigenvalue weighted by atomic mass is 9.79. The lowest BCUT2D eigenvalue weighted by Crippen LogP contribution is -2.59. The molecule has 0 saturated carbocycles. The quantitative estimate of drug-likeness (QED) is 0.351. The van der Waals surface area contributed by atoms with Gasteiger partial charge in [-0.2, -0.15) is 0 Å². The predicted octanol–water partition coefficient (Wildman–Crippen LogP) is 5.03. The van der Waals surface area contributed by atoms with Crippen LogP contribution in [-0.2, 0) is 22.6 Å². The molecule has 3 aliphatic heterocycles. The summed E-state index contributed by atoms with van der Waals surface area (Å²) in [5.74, 6) is 0.567. The second-order valence-electron chi connectivity index (χ2n) is 11.3. The van der Waals surface area contributed by atoms with Gasteiger partial charge in [-0.3, -0.25) is 4.79 Å². The summed E-state index contributed by atoms with van der Waals surface area (Å²) < 4.78 is 16.7. The maximum Gasteiger partial charge on any atom is 0.410 e. The van der Waals surface area contributed by atoms with E-state index in [2.05, 4.69) is 23.2 Å². The molecule has 7 rings (SSSR count). The third-order valence-electron chi connectivity index (χ3n) is 8.93. The number of carbonyl (C=O) groups is 2. The maximum absolute atomic E-state index is 13.9. The van der Waals surface area contributed by atoms with Crippen molar-refractivity contribution in [3.63, 3.8) is 0 Å². The maximum atomic E-state index is 13.9. The Kier molecular flexibility index (Phi) is 6.54.